The molecule has 19 heavy (non-hydrogen) atoms. The van der Waals surface area contributed by atoms with Crippen LogP contribution in [0.3, 0.4) is 0 Å². The second kappa shape index (κ2) is 8.18. The lowest BCUT2D eigenvalue weighted by Gasteiger charge is -2.26. The molecule has 4 heteroatoms. The van der Waals surface area contributed by atoms with Gasteiger partial charge in [-0.1, -0.05) is 45.4 Å². The van der Waals surface area contributed by atoms with Gasteiger partial charge in [-0.15, -0.1) is 0 Å². The highest BCUT2D eigenvalue weighted by Gasteiger charge is 2.25. The number of nitrogens with one attached hydrogen (secondary N) is 1. The van der Waals surface area contributed by atoms with Crippen molar-refractivity contribution in [3.8, 4) is 0 Å². The van der Waals surface area contributed by atoms with Crippen LogP contribution in [0.25, 0.3) is 0 Å². The molecule has 0 aliphatic heterocycles. The van der Waals surface area contributed by atoms with Gasteiger partial charge in [0.1, 0.15) is 6.04 Å². The summed E-state index contributed by atoms with van der Waals surface area (Å²) in [5, 5.41) is 11.5. The van der Waals surface area contributed by atoms with E-state index >= 15 is 0 Å². The molecular weight excluding hydrogens is 242 g/mol. The third-order valence-electron chi connectivity index (χ3n) is 4.08. The lowest BCUT2D eigenvalue weighted by molar-refractivity contribution is -0.142. The Bertz CT molecular complexity index is 298. The van der Waals surface area contributed by atoms with Crippen molar-refractivity contribution >= 4 is 11.9 Å². The summed E-state index contributed by atoms with van der Waals surface area (Å²) in [6.45, 7) is 3.59. The molecule has 0 aromatic rings. The molecule has 0 saturated heterocycles. The monoisotopic (exact) mass is 269 g/mol. The largest absolute Gasteiger partial charge is 0.480 e. The predicted octanol–water partition coefficient (Wildman–Crippen LogP) is 2.96. The van der Waals surface area contributed by atoms with Crippen LogP contribution in [0, 0.1) is 11.8 Å². The molecule has 110 valence electrons. The average molecular weight is 269 g/mol. The van der Waals surface area contributed by atoms with Crippen molar-refractivity contribution in [1.82, 2.24) is 5.32 Å². The molecule has 4 nitrogen and oxygen atoms in total. The minimum atomic E-state index is -0.971. The Labute approximate surface area is 116 Å². The van der Waals surface area contributed by atoms with Crippen molar-refractivity contribution in [2.75, 3.05) is 0 Å². The Morgan fingerprint density at radius 2 is 1.89 bits per heavy atom. The van der Waals surface area contributed by atoms with Gasteiger partial charge in [0.05, 0.1) is 0 Å². The molecule has 0 heterocycles. The number of hydrogen-bond donors (Lipinski definition) is 2. The van der Waals surface area contributed by atoms with Crippen LogP contribution in [-0.4, -0.2) is 23.0 Å². The first kappa shape index (κ1) is 16.0. The average Bonchev–Trinajstić information content (AvgIpc) is 2.39. The normalized spacial score (nSPS) is 19.7. The molecule has 0 aromatic heterocycles. The molecule has 1 aliphatic rings. The van der Waals surface area contributed by atoms with Gasteiger partial charge in [-0.05, 0) is 25.7 Å². The number of carbonyl (C=O) groups is 2. The Morgan fingerprint density at radius 3 is 2.42 bits per heavy atom. The van der Waals surface area contributed by atoms with Gasteiger partial charge in [0.25, 0.3) is 0 Å². The molecule has 1 unspecified atom stereocenters. The number of aliphatic carboxylic acids is 1. The number of hydrogen-bond acceptors (Lipinski definition) is 2. The van der Waals surface area contributed by atoms with Gasteiger partial charge in [-0.3, -0.25) is 9.59 Å². The molecule has 1 rings (SSSR count). The van der Waals surface area contributed by atoms with Gasteiger partial charge >= 0.3 is 5.97 Å². The molecule has 1 saturated carbocycles. The summed E-state index contributed by atoms with van der Waals surface area (Å²) in [7, 11) is 0. The highest BCUT2D eigenvalue weighted by atomic mass is 16.4. The van der Waals surface area contributed by atoms with Gasteiger partial charge in [0, 0.05) is 5.92 Å². The topological polar surface area (TPSA) is 66.4 Å². The number of carbonyl (C=O) groups excluding carboxylic acids is 1. The highest BCUT2D eigenvalue weighted by molar-refractivity contribution is 5.84. The SMILES string of the molecule is CCCC(CC1CCCCC1)C(=O)N[C@@H](C)C(=O)O. The smallest absolute Gasteiger partial charge is 0.325 e. The zero-order chi connectivity index (χ0) is 14.3. The van der Waals surface area contributed by atoms with E-state index in [1.54, 1.807) is 0 Å². The van der Waals surface area contributed by atoms with Crippen molar-refractivity contribution < 1.29 is 14.7 Å². The standard InChI is InChI=1S/C15H27NO3/c1-3-7-13(10-12-8-5-4-6-9-12)14(17)16-11(2)15(18)19/h11-13H,3-10H2,1-2H3,(H,16,17)(H,18,19)/t11-,13?/m0/s1. The minimum Gasteiger partial charge on any atom is -0.480 e. The van der Waals surface area contributed by atoms with E-state index in [0.717, 1.165) is 19.3 Å². The maximum atomic E-state index is 12.1. The first-order chi connectivity index (χ1) is 9.04. The molecule has 1 aliphatic carbocycles. The Morgan fingerprint density at radius 1 is 1.26 bits per heavy atom. The second-order valence-electron chi connectivity index (χ2n) is 5.79. The first-order valence-electron chi connectivity index (χ1n) is 7.57. The summed E-state index contributed by atoms with van der Waals surface area (Å²) >= 11 is 0. The zero-order valence-electron chi connectivity index (χ0n) is 12.2. The van der Waals surface area contributed by atoms with Crippen LogP contribution in [0.1, 0.15) is 65.2 Å². The summed E-state index contributed by atoms with van der Waals surface area (Å²) in [6.07, 6.45) is 9.06. The van der Waals surface area contributed by atoms with Crippen molar-refractivity contribution in [3.05, 3.63) is 0 Å². The van der Waals surface area contributed by atoms with Gasteiger partial charge < -0.3 is 10.4 Å². The summed E-state index contributed by atoms with van der Waals surface area (Å²) in [6, 6.07) is -0.793. The van der Waals surface area contributed by atoms with Crippen LogP contribution >= 0.6 is 0 Å². The van der Waals surface area contributed by atoms with E-state index in [4.69, 9.17) is 5.11 Å². The lowest BCUT2D eigenvalue weighted by atomic mass is 9.81. The summed E-state index contributed by atoms with van der Waals surface area (Å²) in [5.74, 6) is -0.422. The lowest BCUT2D eigenvalue weighted by Crippen LogP contribution is -2.42. The summed E-state index contributed by atoms with van der Waals surface area (Å²) in [5.41, 5.74) is 0. The highest BCUT2D eigenvalue weighted by Crippen LogP contribution is 2.30. The van der Waals surface area contributed by atoms with E-state index in [1.807, 2.05) is 0 Å². The van der Waals surface area contributed by atoms with E-state index in [9.17, 15) is 9.59 Å². The molecule has 0 bridgehead atoms. The van der Waals surface area contributed by atoms with Crippen molar-refractivity contribution in [2.45, 2.75) is 71.3 Å². The van der Waals surface area contributed by atoms with Crippen LogP contribution in [-0.2, 0) is 9.59 Å². The van der Waals surface area contributed by atoms with Gasteiger partial charge in [-0.2, -0.15) is 0 Å². The van der Waals surface area contributed by atoms with E-state index in [-0.39, 0.29) is 11.8 Å². The number of amides is 1. The molecule has 2 N–H and O–H groups in total. The zero-order valence-corrected chi connectivity index (χ0v) is 12.2. The van der Waals surface area contributed by atoms with Crippen LogP contribution in [0.5, 0.6) is 0 Å². The molecule has 1 amide bonds. The van der Waals surface area contributed by atoms with Crippen LogP contribution < -0.4 is 5.32 Å². The summed E-state index contributed by atoms with van der Waals surface area (Å²) in [4.78, 5) is 22.9. The molecule has 2 atom stereocenters. The number of carboxylic acid groups (broad SMARTS) is 1. The van der Waals surface area contributed by atoms with Crippen molar-refractivity contribution in [1.29, 1.82) is 0 Å². The number of rotatable bonds is 7. The fourth-order valence-corrected chi connectivity index (χ4v) is 2.92. The predicted molar refractivity (Wildman–Crippen MR) is 74.8 cm³/mol. The molecule has 1 fully saturated rings. The van der Waals surface area contributed by atoms with Crippen molar-refractivity contribution in [3.63, 3.8) is 0 Å². The molecule has 0 aromatic carbocycles. The van der Waals surface area contributed by atoms with Crippen molar-refractivity contribution in [2.24, 2.45) is 11.8 Å². The van der Waals surface area contributed by atoms with E-state index in [0.29, 0.717) is 5.92 Å². The Balaban J connectivity index is 2.49. The van der Waals surface area contributed by atoms with Crippen LogP contribution in [0.15, 0.2) is 0 Å². The Kier molecular flexibility index (Phi) is 6.89. The Hall–Kier alpha value is -1.06. The quantitative estimate of drug-likeness (QED) is 0.746. The van der Waals surface area contributed by atoms with Gasteiger partial charge in [-0.25, -0.2) is 0 Å². The molecular formula is C15H27NO3. The maximum Gasteiger partial charge on any atom is 0.325 e. The van der Waals surface area contributed by atoms with E-state index in [1.165, 1.54) is 39.0 Å². The summed E-state index contributed by atoms with van der Waals surface area (Å²) < 4.78 is 0. The third-order valence-corrected chi connectivity index (χ3v) is 4.08. The fourth-order valence-electron chi connectivity index (χ4n) is 2.92. The first-order valence-corrected chi connectivity index (χ1v) is 7.57. The number of carboxylic acids is 1. The van der Waals surface area contributed by atoms with Crippen LogP contribution in [0.2, 0.25) is 0 Å². The minimum absolute atomic E-state index is 0.0186. The molecule has 0 spiro atoms. The molecule has 0 radical (unpaired) electrons. The maximum absolute atomic E-state index is 12.1. The fraction of sp³-hybridized carbons (Fsp3) is 0.867. The van der Waals surface area contributed by atoms with Crippen LogP contribution in [0.4, 0.5) is 0 Å². The van der Waals surface area contributed by atoms with Gasteiger partial charge in [0.15, 0.2) is 0 Å². The third kappa shape index (κ3) is 5.62. The van der Waals surface area contributed by atoms with E-state index in [2.05, 4.69) is 12.2 Å². The van der Waals surface area contributed by atoms with E-state index < -0.39 is 12.0 Å². The van der Waals surface area contributed by atoms with Gasteiger partial charge in [0.2, 0.25) is 5.91 Å². The second-order valence-corrected chi connectivity index (χ2v) is 5.79.